The van der Waals surface area contributed by atoms with Crippen molar-refractivity contribution in [3.8, 4) is 22.9 Å². The summed E-state index contributed by atoms with van der Waals surface area (Å²) in [5.74, 6) is 2.41. The Morgan fingerprint density at radius 1 is 1.04 bits per heavy atom. The van der Waals surface area contributed by atoms with E-state index in [4.69, 9.17) is 14.0 Å². The summed E-state index contributed by atoms with van der Waals surface area (Å²) in [6.45, 7) is 0.439. The number of aryl methyl sites for hydroxylation is 1. The zero-order valence-electron chi connectivity index (χ0n) is 16.0. The lowest BCUT2D eigenvalue weighted by Crippen LogP contribution is -2.25. The Kier molecular flexibility index (Phi) is 6.62. The van der Waals surface area contributed by atoms with Gasteiger partial charge in [0.2, 0.25) is 17.6 Å². The molecular formula is C21H23N3O4. The lowest BCUT2D eigenvalue weighted by Gasteiger charge is -2.05. The maximum absolute atomic E-state index is 12.0. The number of hydrogen-bond donors (Lipinski definition) is 1. The predicted octanol–water partition coefficient (Wildman–Crippen LogP) is 3.05. The SMILES string of the molecule is COc1ccc(CCC(=O)NCCc2nc(-c3ccccc3OC)no2)cc1. The number of rotatable bonds is 9. The van der Waals surface area contributed by atoms with E-state index in [1.807, 2.05) is 48.5 Å². The Bertz CT molecular complexity index is 906. The number of nitrogens with zero attached hydrogens (tertiary/aromatic N) is 2. The fourth-order valence-electron chi connectivity index (χ4n) is 2.74. The first-order valence-electron chi connectivity index (χ1n) is 9.05. The van der Waals surface area contributed by atoms with Crippen LogP contribution in [0, 0.1) is 0 Å². The molecule has 1 aromatic heterocycles. The van der Waals surface area contributed by atoms with Gasteiger partial charge in [0.15, 0.2) is 0 Å². The van der Waals surface area contributed by atoms with Crippen LogP contribution in [0.15, 0.2) is 53.1 Å². The quantitative estimate of drug-likeness (QED) is 0.613. The van der Waals surface area contributed by atoms with Gasteiger partial charge in [-0.15, -0.1) is 0 Å². The van der Waals surface area contributed by atoms with Gasteiger partial charge in [-0.2, -0.15) is 4.98 Å². The number of para-hydroxylation sites is 1. The largest absolute Gasteiger partial charge is 0.497 e. The Labute approximate surface area is 163 Å². The minimum absolute atomic E-state index is 0.0136. The van der Waals surface area contributed by atoms with Gasteiger partial charge in [-0.25, -0.2) is 0 Å². The van der Waals surface area contributed by atoms with Gasteiger partial charge in [-0.05, 0) is 36.2 Å². The number of carbonyl (C=O) groups excluding carboxylic acids is 1. The van der Waals surface area contributed by atoms with Crippen molar-refractivity contribution in [3.05, 3.63) is 60.0 Å². The highest BCUT2D eigenvalue weighted by Crippen LogP contribution is 2.27. The maximum Gasteiger partial charge on any atom is 0.228 e. The molecule has 1 amide bonds. The Morgan fingerprint density at radius 2 is 1.82 bits per heavy atom. The van der Waals surface area contributed by atoms with Crippen LogP contribution in [0.3, 0.4) is 0 Å². The third-order valence-corrected chi connectivity index (χ3v) is 4.28. The molecule has 1 N–H and O–H groups in total. The standard InChI is InChI=1S/C21H23N3O4/c1-26-16-10-7-15(8-11-16)9-12-19(25)22-14-13-20-23-21(24-28-20)17-5-3-4-6-18(17)27-2/h3-8,10-11H,9,12-14H2,1-2H3,(H,22,25). The first-order valence-corrected chi connectivity index (χ1v) is 9.05. The van der Waals surface area contributed by atoms with Crippen LogP contribution in [-0.4, -0.2) is 36.8 Å². The number of hydrogen-bond acceptors (Lipinski definition) is 6. The third kappa shape index (κ3) is 5.09. The molecule has 0 atom stereocenters. The van der Waals surface area contributed by atoms with Crippen molar-refractivity contribution in [2.45, 2.75) is 19.3 Å². The molecule has 7 nitrogen and oxygen atoms in total. The van der Waals surface area contributed by atoms with Crippen LogP contribution in [0.25, 0.3) is 11.4 Å². The second-order valence-corrected chi connectivity index (χ2v) is 6.16. The average molecular weight is 381 g/mol. The van der Waals surface area contributed by atoms with E-state index < -0.39 is 0 Å². The molecule has 1 heterocycles. The van der Waals surface area contributed by atoms with E-state index in [-0.39, 0.29) is 5.91 Å². The van der Waals surface area contributed by atoms with Crippen molar-refractivity contribution < 1.29 is 18.8 Å². The summed E-state index contributed by atoms with van der Waals surface area (Å²) in [5.41, 5.74) is 1.86. The Hall–Kier alpha value is -3.35. The van der Waals surface area contributed by atoms with Crippen molar-refractivity contribution in [1.29, 1.82) is 0 Å². The molecule has 0 fully saturated rings. The lowest BCUT2D eigenvalue weighted by atomic mass is 10.1. The fraction of sp³-hybridized carbons (Fsp3) is 0.286. The minimum Gasteiger partial charge on any atom is -0.497 e. The molecule has 0 aliphatic rings. The molecule has 7 heteroatoms. The number of methoxy groups -OCH3 is 2. The van der Waals surface area contributed by atoms with Crippen molar-refractivity contribution in [3.63, 3.8) is 0 Å². The van der Waals surface area contributed by atoms with Gasteiger partial charge < -0.3 is 19.3 Å². The smallest absolute Gasteiger partial charge is 0.228 e. The van der Waals surface area contributed by atoms with Crippen LogP contribution in [-0.2, 0) is 17.6 Å². The van der Waals surface area contributed by atoms with Crippen LogP contribution in [0.5, 0.6) is 11.5 Å². The summed E-state index contributed by atoms with van der Waals surface area (Å²) in [7, 11) is 3.23. The lowest BCUT2D eigenvalue weighted by molar-refractivity contribution is -0.121. The summed E-state index contributed by atoms with van der Waals surface area (Å²) in [6.07, 6.45) is 1.56. The third-order valence-electron chi connectivity index (χ3n) is 4.28. The van der Waals surface area contributed by atoms with Gasteiger partial charge >= 0.3 is 0 Å². The van der Waals surface area contributed by atoms with Crippen molar-refractivity contribution in [2.24, 2.45) is 0 Å². The molecule has 0 aliphatic carbocycles. The number of nitrogens with one attached hydrogen (secondary N) is 1. The molecule has 0 saturated heterocycles. The Morgan fingerprint density at radius 3 is 2.57 bits per heavy atom. The van der Waals surface area contributed by atoms with E-state index in [0.717, 1.165) is 16.9 Å². The highest BCUT2D eigenvalue weighted by molar-refractivity contribution is 5.76. The zero-order valence-corrected chi connectivity index (χ0v) is 16.0. The molecule has 0 radical (unpaired) electrons. The number of ether oxygens (including phenoxy) is 2. The molecule has 146 valence electrons. The number of amides is 1. The van der Waals surface area contributed by atoms with Crippen LogP contribution in [0.4, 0.5) is 0 Å². The molecule has 3 rings (SSSR count). The molecular weight excluding hydrogens is 358 g/mol. The van der Waals surface area contributed by atoms with E-state index in [2.05, 4.69) is 15.5 Å². The van der Waals surface area contributed by atoms with E-state index >= 15 is 0 Å². The molecule has 2 aromatic carbocycles. The van der Waals surface area contributed by atoms with Crippen LogP contribution < -0.4 is 14.8 Å². The highest BCUT2D eigenvalue weighted by Gasteiger charge is 2.13. The first-order chi connectivity index (χ1) is 13.7. The average Bonchev–Trinajstić information content (AvgIpc) is 3.21. The summed E-state index contributed by atoms with van der Waals surface area (Å²) < 4.78 is 15.7. The second kappa shape index (κ2) is 9.55. The Balaban J connectivity index is 1.44. The van der Waals surface area contributed by atoms with Crippen LogP contribution in [0.2, 0.25) is 0 Å². The first kappa shape index (κ1) is 19.4. The predicted molar refractivity (Wildman–Crippen MR) is 104 cm³/mol. The van der Waals surface area contributed by atoms with Gasteiger partial charge in [-0.1, -0.05) is 29.4 Å². The van der Waals surface area contributed by atoms with Crippen LogP contribution in [0.1, 0.15) is 17.9 Å². The molecule has 0 bridgehead atoms. The van der Waals surface area contributed by atoms with Gasteiger partial charge in [0.25, 0.3) is 0 Å². The molecule has 0 spiro atoms. The minimum atomic E-state index is -0.0136. The maximum atomic E-state index is 12.0. The van der Waals surface area contributed by atoms with Gasteiger partial charge in [0.05, 0.1) is 19.8 Å². The van der Waals surface area contributed by atoms with E-state index in [9.17, 15) is 4.79 Å². The monoisotopic (exact) mass is 381 g/mol. The molecule has 0 saturated carbocycles. The molecule has 3 aromatic rings. The van der Waals surface area contributed by atoms with Crippen LogP contribution >= 0.6 is 0 Å². The topological polar surface area (TPSA) is 86.5 Å². The van der Waals surface area contributed by atoms with E-state index in [0.29, 0.717) is 43.3 Å². The summed E-state index contributed by atoms with van der Waals surface area (Å²) in [5, 5.41) is 6.87. The number of aromatic nitrogens is 2. The van der Waals surface area contributed by atoms with E-state index in [1.54, 1.807) is 14.2 Å². The van der Waals surface area contributed by atoms with Crippen molar-refractivity contribution >= 4 is 5.91 Å². The van der Waals surface area contributed by atoms with Gasteiger partial charge in [-0.3, -0.25) is 4.79 Å². The normalized spacial score (nSPS) is 10.5. The van der Waals surface area contributed by atoms with Crippen molar-refractivity contribution in [2.75, 3.05) is 20.8 Å². The number of carbonyl (C=O) groups is 1. The number of benzene rings is 2. The second-order valence-electron chi connectivity index (χ2n) is 6.16. The fourth-order valence-corrected chi connectivity index (χ4v) is 2.74. The summed E-state index contributed by atoms with van der Waals surface area (Å²) in [6, 6.07) is 15.2. The molecule has 28 heavy (non-hydrogen) atoms. The summed E-state index contributed by atoms with van der Waals surface area (Å²) >= 11 is 0. The summed E-state index contributed by atoms with van der Waals surface area (Å²) in [4.78, 5) is 16.4. The van der Waals surface area contributed by atoms with E-state index in [1.165, 1.54) is 0 Å². The van der Waals surface area contributed by atoms with Crippen molar-refractivity contribution in [1.82, 2.24) is 15.5 Å². The zero-order chi connectivity index (χ0) is 19.8. The van der Waals surface area contributed by atoms with Gasteiger partial charge in [0.1, 0.15) is 11.5 Å². The van der Waals surface area contributed by atoms with Gasteiger partial charge in [0, 0.05) is 19.4 Å². The highest BCUT2D eigenvalue weighted by atomic mass is 16.5. The molecule has 0 unspecified atom stereocenters. The molecule has 0 aliphatic heterocycles.